The zero-order chi connectivity index (χ0) is 57.7. The van der Waals surface area contributed by atoms with Crippen LogP contribution in [0.25, 0.3) is 20.9 Å². The highest BCUT2D eigenvalue weighted by Crippen LogP contribution is 2.42. The number of rotatable bonds is 20. The minimum atomic E-state index is -3.72. The molecule has 2 aliphatic heterocycles. The maximum atomic E-state index is 13.3. The van der Waals surface area contributed by atoms with Crippen molar-refractivity contribution in [2.45, 2.75) is 190 Å². The van der Waals surface area contributed by atoms with Crippen molar-refractivity contribution in [3.8, 4) is 20.9 Å². The number of nitrogens with two attached hydrogens (primary N) is 1. The first kappa shape index (κ1) is 64.4. The second-order valence-electron chi connectivity index (χ2n) is 22.7. The lowest BCUT2D eigenvalue weighted by molar-refractivity contribution is -0.0624. The van der Waals surface area contributed by atoms with Crippen LogP contribution in [0.15, 0.2) is 63.1 Å². The minimum absolute atomic E-state index is 0.0220. The summed E-state index contributed by atoms with van der Waals surface area (Å²) in [5.74, 6) is 1.77. The number of nitrogens with one attached hydrogen (secondary N) is 5. The summed E-state index contributed by atoms with van der Waals surface area (Å²) >= 11 is 6.46. The monoisotopic (exact) mass is 1240 g/mol. The molecule has 79 heavy (non-hydrogen) atoms. The Hall–Kier alpha value is -3.78. The molecular weight excluding hydrogens is 1150 g/mol. The van der Waals surface area contributed by atoms with Gasteiger partial charge in [-0.05, 0) is 128 Å². The van der Waals surface area contributed by atoms with Gasteiger partial charge in [-0.15, -0.1) is 22.7 Å². The van der Waals surface area contributed by atoms with Gasteiger partial charge in [0.1, 0.15) is 0 Å². The summed E-state index contributed by atoms with van der Waals surface area (Å²) in [5, 5.41) is 11.5. The molecule has 2 saturated heterocycles. The fourth-order valence-electron chi connectivity index (χ4n) is 10.5. The second-order valence-corrected chi connectivity index (χ2v) is 29.2. The van der Waals surface area contributed by atoms with Gasteiger partial charge in [0.05, 0.1) is 79.3 Å². The number of sulfonamides is 2. The van der Waals surface area contributed by atoms with Crippen molar-refractivity contribution >= 4 is 76.5 Å². The Morgan fingerprint density at radius 1 is 0.658 bits per heavy atom. The fraction of sp³-hybridized carbons (Fsp3) is 0.643. The molecule has 440 valence electrons. The number of thiazole rings is 2. The molecule has 0 atom stereocenters. The van der Waals surface area contributed by atoms with Crippen molar-refractivity contribution < 1.29 is 45.4 Å². The number of hydrogen-bond acceptors (Lipinski definition) is 16. The lowest BCUT2D eigenvalue weighted by atomic mass is 9.86. The van der Waals surface area contributed by atoms with Gasteiger partial charge in [0.2, 0.25) is 20.0 Å². The topological polar surface area (TPSA) is 251 Å². The van der Waals surface area contributed by atoms with Crippen LogP contribution in [0.5, 0.6) is 0 Å². The first-order valence-corrected chi connectivity index (χ1v) is 33.2. The maximum absolute atomic E-state index is 13.3. The molecule has 0 bridgehead atoms. The summed E-state index contributed by atoms with van der Waals surface area (Å²) in [5.41, 5.74) is 7.80. The van der Waals surface area contributed by atoms with Crippen LogP contribution >= 0.6 is 38.6 Å². The third-order valence-electron chi connectivity index (χ3n) is 13.8. The summed E-state index contributed by atoms with van der Waals surface area (Å²) < 4.78 is 78.8. The van der Waals surface area contributed by atoms with E-state index in [2.05, 4.69) is 74.0 Å². The summed E-state index contributed by atoms with van der Waals surface area (Å²) in [7, 11) is -7.32. The molecule has 4 aromatic rings. The molecule has 0 radical (unpaired) electrons. The molecule has 4 fully saturated rings. The van der Waals surface area contributed by atoms with E-state index in [9.17, 15) is 26.4 Å². The Labute approximate surface area is 485 Å². The van der Waals surface area contributed by atoms with Gasteiger partial charge >= 0.3 is 12.2 Å². The van der Waals surface area contributed by atoms with Crippen molar-refractivity contribution in [1.29, 1.82) is 0 Å². The van der Waals surface area contributed by atoms with Crippen LogP contribution in [0.1, 0.15) is 155 Å². The second kappa shape index (κ2) is 29.0. The lowest BCUT2D eigenvalue weighted by Crippen LogP contribution is -2.57. The minimum Gasteiger partial charge on any atom is -0.447 e. The first-order valence-electron chi connectivity index (χ1n) is 27.8. The number of hydrogen-bond donors (Lipinski definition) is 6. The SMILES string of the molecule is CC(C)CC1(N)COC1.CCNS(=O)(=O)c1cc(Br)ccc1-c1cnc(C2CCC(NC(=O)OC(C)C)CC2)s1.CCNS(=O)(=O)c1cc(NC2(CC(C)C)COC2)ccc1-c1cnc(C2CCC(NC(=O)OC(C)C)CC2)s1. The van der Waals surface area contributed by atoms with Crippen LogP contribution in [0.3, 0.4) is 0 Å². The smallest absolute Gasteiger partial charge is 0.407 e. The van der Waals surface area contributed by atoms with E-state index < -0.39 is 20.0 Å². The molecule has 0 spiro atoms. The molecule has 2 aliphatic carbocycles. The van der Waals surface area contributed by atoms with Crippen molar-refractivity contribution in [3.05, 3.63) is 63.3 Å². The predicted molar refractivity (Wildman–Crippen MR) is 318 cm³/mol. The molecule has 8 rings (SSSR count). The number of benzene rings is 2. The first-order chi connectivity index (χ1) is 37.3. The molecule has 4 aliphatic rings. The summed E-state index contributed by atoms with van der Waals surface area (Å²) in [6.07, 6.45) is 11.7. The van der Waals surface area contributed by atoms with Gasteiger partial charge in [-0.3, -0.25) is 0 Å². The van der Waals surface area contributed by atoms with E-state index >= 15 is 0 Å². The predicted octanol–water partition coefficient (Wildman–Crippen LogP) is 11.3. The van der Waals surface area contributed by atoms with Gasteiger partial charge in [0.15, 0.2) is 0 Å². The van der Waals surface area contributed by atoms with Gasteiger partial charge < -0.3 is 40.6 Å². The third kappa shape index (κ3) is 18.9. The zero-order valence-electron chi connectivity index (χ0n) is 47.6. The van der Waals surface area contributed by atoms with Crippen molar-refractivity contribution in [3.63, 3.8) is 0 Å². The molecule has 2 aromatic carbocycles. The van der Waals surface area contributed by atoms with E-state index in [1.165, 1.54) is 11.3 Å². The average molecular weight is 1240 g/mol. The number of amides is 2. The highest BCUT2D eigenvalue weighted by Gasteiger charge is 2.40. The van der Waals surface area contributed by atoms with E-state index in [0.717, 1.165) is 103 Å². The zero-order valence-corrected chi connectivity index (χ0v) is 52.5. The Bertz CT molecular complexity index is 2840. The van der Waals surface area contributed by atoms with Crippen molar-refractivity contribution in [1.82, 2.24) is 30.0 Å². The van der Waals surface area contributed by atoms with Gasteiger partial charge in [-0.2, -0.15) is 0 Å². The number of anilines is 1. The maximum Gasteiger partial charge on any atom is 0.407 e. The largest absolute Gasteiger partial charge is 0.447 e. The number of carbonyl (C=O) groups is 2. The van der Waals surface area contributed by atoms with Crippen LogP contribution in [-0.2, 0) is 39.0 Å². The van der Waals surface area contributed by atoms with Crippen molar-refractivity contribution in [2.24, 2.45) is 17.6 Å². The van der Waals surface area contributed by atoms with Crippen LogP contribution in [-0.4, -0.2) is 114 Å². The number of aromatic nitrogens is 2. The van der Waals surface area contributed by atoms with E-state index in [1.807, 2.05) is 52.0 Å². The standard InChI is InChI=1S/C28H42N4O5S2.C21H28BrN3O4S2.C7H15NO/c1-6-30-39(34,35)25-13-22(32-28(14-18(2)3)16-36-17-28)11-12-23(25)24-15-29-26(38-24)20-7-9-21(10-8-20)31-27(33)37-19(4)5;1-4-24-31(27,28)19-11-15(22)7-10-17(19)18-12-23-20(30-18)14-5-8-16(9-6-14)25-21(26)29-13(2)3;1-6(2)3-7(8)4-9-5-7/h11-13,15,18-21,30,32H,6-10,14,16-17H2,1-5H3,(H,31,33);7,10-14,16,24H,4-6,8-9H2,1-3H3,(H,25,26);6H,3-5,8H2,1-2H3. The van der Waals surface area contributed by atoms with E-state index in [1.54, 1.807) is 49.7 Å². The third-order valence-corrected chi connectivity index (χ3v) is 19.8. The van der Waals surface area contributed by atoms with Crippen molar-refractivity contribution in [2.75, 3.05) is 44.8 Å². The van der Waals surface area contributed by atoms with Gasteiger partial charge in [-0.25, -0.2) is 45.8 Å². The Morgan fingerprint density at radius 2 is 1.09 bits per heavy atom. The normalized spacial score (nSPS) is 20.7. The fourth-order valence-corrected chi connectivity index (χ4v) is 15.9. The number of nitrogens with zero attached hydrogens (tertiary/aromatic N) is 2. The summed E-state index contributed by atoms with van der Waals surface area (Å²) in [4.78, 5) is 35.2. The van der Waals surface area contributed by atoms with Crippen LogP contribution in [0, 0.1) is 11.8 Å². The van der Waals surface area contributed by atoms with Crippen LogP contribution < -0.4 is 31.1 Å². The molecule has 18 nitrogen and oxygen atoms in total. The number of alkyl carbamates (subject to hydrolysis) is 2. The van der Waals surface area contributed by atoms with Crippen LogP contribution in [0.2, 0.25) is 0 Å². The molecule has 7 N–H and O–H groups in total. The summed E-state index contributed by atoms with van der Waals surface area (Å²) in [6.45, 7) is 23.0. The molecule has 2 saturated carbocycles. The van der Waals surface area contributed by atoms with E-state index in [-0.39, 0.29) is 63.3 Å². The molecule has 0 unspecified atom stereocenters. The molecule has 23 heteroatoms. The highest BCUT2D eigenvalue weighted by molar-refractivity contribution is 9.10. The molecule has 2 amide bonds. The van der Waals surface area contributed by atoms with Gasteiger partial charge in [0, 0.05) is 70.7 Å². The van der Waals surface area contributed by atoms with Gasteiger partial charge in [0.25, 0.3) is 0 Å². The van der Waals surface area contributed by atoms with E-state index in [0.29, 0.717) is 59.7 Å². The Balaban J connectivity index is 0.000000224. The highest BCUT2D eigenvalue weighted by atomic mass is 79.9. The molecule has 2 aromatic heterocycles. The Morgan fingerprint density at radius 3 is 1.46 bits per heavy atom. The van der Waals surface area contributed by atoms with Gasteiger partial charge in [-0.1, -0.05) is 69.6 Å². The van der Waals surface area contributed by atoms with Crippen LogP contribution in [0.4, 0.5) is 15.3 Å². The molecule has 4 heterocycles. The Kier molecular flexibility index (Phi) is 23.6. The quantitative estimate of drug-likeness (QED) is 0.0482. The molecular formula is C56H85BrN8O10S4. The number of ether oxygens (including phenoxy) is 4. The van der Waals surface area contributed by atoms with E-state index in [4.69, 9.17) is 29.7 Å². The number of halogens is 1. The average Bonchev–Trinajstić information content (AvgIpc) is 4.09. The lowest BCUT2D eigenvalue weighted by Gasteiger charge is -2.44. The number of carbonyl (C=O) groups excluding carboxylic acids is 2. The summed E-state index contributed by atoms with van der Waals surface area (Å²) in [6, 6.07) is 11.1.